The standard InChI is InChI=1S/C19H18ClFN2O4/c20-15-4-1-2-5-16(15)23-18(25)12-27-19(26)7-3-6-17(24)22-14-10-8-13(21)9-11-14/h1-2,4-5,8-11H,3,6-7,12H2,(H,22,24)(H,23,25). The summed E-state index contributed by atoms with van der Waals surface area (Å²) in [6.07, 6.45) is 0.354. The van der Waals surface area contributed by atoms with Crippen molar-refractivity contribution in [3.63, 3.8) is 0 Å². The van der Waals surface area contributed by atoms with Crippen LogP contribution in [0.2, 0.25) is 5.02 Å². The SMILES string of the molecule is O=C(CCCC(=O)OCC(=O)Nc1ccccc1Cl)Nc1ccc(F)cc1. The van der Waals surface area contributed by atoms with Gasteiger partial charge in [-0.2, -0.15) is 0 Å². The Morgan fingerprint density at radius 3 is 2.33 bits per heavy atom. The van der Waals surface area contributed by atoms with Gasteiger partial charge in [0.1, 0.15) is 5.82 Å². The number of benzene rings is 2. The average Bonchev–Trinajstić information content (AvgIpc) is 2.64. The van der Waals surface area contributed by atoms with Gasteiger partial charge in [-0.15, -0.1) is 0 Å². The van der Waals surface area contributed by atoms with Gasteiger partial charge < -0.3 is 15.4 Å². The van der Waals surface area contributed by atoms with Gasteiger partial charge in [0.05, 0.1) is 10.7 Å². The normalized spacial score (nSPS) is 10.1. The van der Waals surface area contributed by atoms with E-state index in [1.54, 1.807) is 24.3 Å². The number of carbonyl (C=O) groups is 3. The van der Waals surface area contributed by atoms with Crippen LogP contribution in [0.5, 0.6) is 0 Å². The molecule has 2 N–H and O–H groups in total. The van der Waals surface area contributed by atoms with Crippen molar-refractivity contribution in [1.29, 1.82) is 0 Å². The minimum atomic E-state index is -0.584. The van der Waals surface area contributed by atoms with Crippen LogP contribution in [0.25, 0.3) is 0 Å². The van der Waals surface area contributed by atoms with Crippen molar-refractivity contribution in [2.75, 3.05) is 17.2 Å². The molecule has 0 radical (unpaired) electrons. The van der Waals surface area contributed by atoms with Gasteiger partial charge in [-0.05, 0) is 42.8 Å². The fraction of sp³-hybridized carbons (Fsp3) is 0.211. The number of amides is 2. The van der Waals surface area contributed by atoms with Crippen LogP contribution in [-0.4, -0.2) is 24.4 Å². The third-order valence-corrected chi connectivity index (χ3v) is 3.75. The number of esters is 1. The largest absolute Gasteiger partial charge is 0.456 e. The summed E-state index contributed by atoms with van der Waals surface area (Å²) in [5, 5.41) is 5.50. The first kappa shape index (κ1) is 20.4. The number of ether oxygens (including phenoxy) is 1. The highest BCUT2D eigenvalue weighted by molar-refractivity contribution is 6.33. The monoisotopic (exact) mass is 392 g/mol. The van der Waals surface area contributed by atoms with Crippen LogP contribution < -0.4 is 10.6 Å². The minimum absolute atomic E-state index is 0.00376. The number of rotatable bonds is 8. The van der Waals surface area contributed by atoms with Gasteiger partial charge in [0.15, 0.2) is 6.61 Å². The molecule has 0 atom stereocenters. The van der Waals surface area contributed by atoms with E-state index < -0.39 is 24.3 Å². The molecule has 142 valence electrons. The Hall–Kier alpha value is -2.93. The predicted octanol–water partition coefficient (Wildman–Crippen LogP) is 3.77. The third-order valence-electron chi connectivity index (χ3n) is 3.42. The van der Waals surface area contributed by atoms with Crippen LogP contribution in [0.3, 0.4) is 0 Å². The summed E-state index contributed by atoms with van der Waals surface area (Å²) in [4.78, 5) is 35.1. The lowest BCUT2D eigenvalue weighted by Gasteiger charge is -2.08. The number of hydrogen-bond donors (Lipinski definition) is 2. The maximum absolute atomic E-state index is 12.8. The third kappa shape index (κ3) is 7.45. The molecular formula is C19H18ClFN2O4. The van der Waals surface area contributed by atoms with Crippen molar-refractivity contribution in [3.8, 4) is 0 Å². The number of halogens is 2. The predicted molar refractivity (Wildman–Crippen MR) is 99.9 cm³/mol. The lowest BCUT2D eigenvalue weighted by Crippen LogP contribution is -2.21. The molecule has 2 aromatic carbocycles. The molecule has 0 saturated heterocycles. The van der Waals surface area contributed by atoms with E-state index >= 15 is 0 Å². The zero-order valence-electron chi connectivity index (χ0n) is 14.3. The zero-order valence-corrected chi connectivity index (χ0v) is 15.1. The molecule has 27 heavy (non-hydrogen) atoms. The van der Waals surface area contributed by atoms with Crippen LogP contribution in [0, 0.1) is 5.82 Å². The summed E-state index contributed by atoms with van der Waals surface area (Å²) >= 11 is 5.92. The Kier molecular flexibility index (Phi) is 7.76. The van der Waals surface area contributed by atoms with E-state index in [0.29, 0.717) is 16.4 Å². The highest BCUT2D eigenvalue weighted by Gasteiger charge is 2.10. The van der Waals surface area contributed by atoms with Gasteiger partial charge in [0, 0.05) is 18.5 Å². The molecule has 0 aliphatic rings. The molecule has 6 nitrogen and oxygen atoms in total. The molecular weight excluding hydrogens is 375 g/mol. The van der Waals surface area contributed by atoms with Crippen molar-refractivity contribution in [1.82, 2.24) is 0 Å². The van der Waals surface area contributed by atoms with E-state index in [1.807, 2.05) is 0 Å². The van der Waals surface area contributed by atoms with E-state index in [9.17, 15) is 18.8 Å². The van der Waals surface area contributed by atoms with E-state index in [-0.39, 0.29) is 25.2 Å². The summed E-state index contributed by atoms with van der Waals surface area (Å²) < 4.78 is 17.6. The Balaban J connectivity index is 1.63. The smallest absolute Gasteiger partial charge is 0.306 e. The molecule has 0 unspecified atom stereocenters. The van der Waals surface area contributed by atoms with Crippen LogP contribution in [-0.2, 0) is 19.1 Å². The number of nitrogens with one attached hydrogen (secondary N) is 2. The maximum atomic E-state index is 12.8. The van der Waals surface area contributed by atoms with E-state index in [4.69, 9.17) is 16.3 Å². The van der Waals surface area contributed by atoms with Crippen LogP contribution in [0.4, 0.5) is 15.8 Å². The Morgan fingerprint density at radius 1 is 0.926 bits per heavy atom. The van der Waals surface area contributed by atoms with E-state index in [2.05, 4.69) is 10.6 Å². The summed E-state index contributed by atoms with van der Waals surface area (Å²) in [6.45, 7) is -0.439. The summed E-state index contributed by atoms with van der Waals surface area (Å²) in [6, 6.07) is 12.1. The van der Waals surface area contributed by atoms with Crippen LogP contribution in [0.1, 0.15) is 19.3 Å². The Morgan fingerprint density at radius 2 is 1.63 bits per heavy atom. The quantitative estimate of drug-likeness (QED) is 0.670. The molecule has 0 aliphatic carbocycles. The fourth-order valence-corrected chi connectivity index (χ4v) is 2.30. The number of anilines is 2. The molecule has 2 amide bonds. The van der Waals surface area contributed by atoms with Gasteiger partial charge in [-0.1, -0.05) is 23.7 Å². The van der Waals surface area contributed by atoms with E-state index in [0.717, 1.165) is 0 Å². The lowest BCUT2D eigenvalue weighted by atomic mass is 10.2. The highest BCUT2D eigenvalue weighted by atomic mass is 35.5. The minimum Gasteiger partial charge on any atom is -0.456 e. The Labute approximate surface area is 160 Å². The second kappa shape index (κ2) is 10.3. The summed E-state index contributed by atoms with van der Waals surface area (Å²) in [5.74, 6) is -1.79. The molecule has 8 heteroatoms. The first-order chi connectivity index (χ1) is 12.9. The van der Waals surface area contributed by atoms with Gasteiger partial charge in [-0.3, -0.25) is 14.4 Å². The molecule has 0 heterocycles. The maximum Gasteiger partial charge on any atom is 0.306 e. The van der Waals surface area contributed by atoms with E-state index in [1.165, 1.54) is 24.3 Å². The van der Waals surface area contributed by atoms with Crippen LogP contribution >= 0.6 is 11.6 Å². The molecule has 0 spiro atoms. The zero-order chi connectivity index (χ0) is 19.6. The first-order valence-corrected chi connectivity index (χ1v) is 8.57. The van der Waals surface area contributed by atoms with Crippen LogP contribution in [0.15, 0.2) is 48.5 Å². The number of hydrogen-bond acceptors (Lipinski definition) is 4. The molecule has 2 aromatic rings. The molecule has 0 aliphatic heterocycles. The highest BCUT2D eigenvalue weighted by Crippen LogP contribution is 2.20. The van der Waals surface area contributed by atoms with Crippen molar-refractivity contribution in [3.05, 3.63) is 59.4 Å². The van der Waals surface area contributed by atoms with Gasteiger partial charge in [0.25, 0.3) is 5.91 Å². The molecule has 0 bridgehead atoms. The van der Waals surface area contributed by atoms with Crippen molar-refractivity contribution >= 4 is 40.8 Å². The van der Waals surface area contributed by atoms with Crippen molar-refractivity contribution in [2.45, 2.75) is 19.3 Å². The summed E-state index contributed by atoms with van der Waals surface area (Å²) in [7, 11) is 0. The molecule has 0 fully saturated rings. The number of carbonyl (C=O) groups excluding carboxylic acids is 3. The lowest BCUT2D eigenvalue weighted by molar-refractivity contribution is -0.147. The molecule has 0 aromatic heterocycles. The second-order valence-electron chi connectivity index (χ2n) is 5.60. The summed E-state index contributed by atoms with van der Waals surface area (Å²) in [5.41, 5.74) is 0.901. The molecule has 0 saturated carbocycles. The fourth-order valence-electron chi connectivity index (χ4n) is 2.12. The van der Waals surface area contributed by atoms with Crippen molar-refractivity contribution < 1.29 is 23.5 Å². The number of para-hydroxylation sites is 1. The van der Waals surface area contributed by atoms with Gasteiger partial charge >= 0.3 is 5.97 Å². The molecule has 2 rings (SSSR count). The Bertz CT molecular complexity index is 812. The topological polar surface area (TPSA) is 84.5 Å². The first-order valence-electron chi connectivity index (χ1n) is 8.19. The second-order valence-corrected chi connectivity index (χ2v) is 6.00. The average molecular weight is 393 g/mol. The van der Waals surface area contributed by atoms with Gasteiger partial charge in [-0.25, -0.2) is 4.39 Å². The van der Waals surface area contributed by atoms with Gasteiger partial charge in [0.2, 0.25) is 5.91 Å². The van der Waals surface area contributed by atoms with Crippen molar-refractivity contribution in [2.24, 2.45) is 0 Å².